The van der Waals surface area contributed by atoms with Crippen molar-refractivity contribution in [2.75, 3.05) is 0 Å². The molecule has 1 rings (SSSR count). The van der Waals surface area contributed by atoms with Gasteiger partial charge in [0.05, 0.1) is 12.0 Å². The number of nitrogens with one attached hydrogen (secondary N) is 1. The summed E-state index contributed by atoms with van der Waals surface area (Å²) in [6.07, 6.45) is 3.50. The summed E-state index contributed by atoms with van der Waals surface area (Å²) in [5.74, 6) is -0.0466. The van der Waals surface area contributed by atoms with Crippen LogP contribution in [-0.4, -0.2) is 22.2 Å². The highest BCUT2D eigenvalue weighted by Crippen LogP contribution is 2.31. The Balaban J connectivity index is 2.33. The lowest BCUT2D eigenvalue weighted by molar-refractivity contribution is -0.127. The van der Waals surface area contributed by atoms with Gasteiger partial charge in [0.15, 0.2) is 0 Å². The molecule has 0 radical (unpaired) electrons. The lowest BCUT2D eigenvalue weighted by Crippen LogP contribution is -2.52. The monoisotopic (exact) mass is 185 g/mol. The van der Waals surface area contributed by atoms with Crippen LogP contribution in [0.25, 0.3) is 0 Å². The van der Waals surface area contributed by atoms with Gasteiger partial charge in [-0.1, -0.05) is 0 Å². The fraction of sp³-hybridized carbons (Fsp3) is 0.900. The third-order valence-corrected chi connectivity index (χ3v) is 2.49. The normalized spacial score (nSPS) is 20.6. The van der Waals surface area contributed by atoms with Gasteiger partial charge in [0.25, 0.3) is 0 Å². The first-order valence-corrected chi connectivity index (χ1v) is 4.84. The summed E-state index contributed by atoms with van der Waals surface area (Å²) in [6.45, 7) is 5.35. The number of aliphatic hydroxyl groups is 1. The Labute approximate surface area is 79.5 Å². The van der Waals surface area contributed by atoms with Crippen LogP contribution < -0.4 is 5.32 Å². The summed E-state index contributed by atoms with van der Waals surface area (Å²) in [6, 6.07) is 0. The zero-order valence-corrected chi connectivity index (χ0v) is 8.68. The lowest BCUT2D eigenvalue weighted by atomic mass is 9.78. The van der Waals surface area contributed by atoms with Gasteiger partial charge in [-0.15, -0.1) is 0 Å². The van der Waals surface area contributed by atoms with Gasteiger partial charge in [0.2, 0.25) is 5.91 Å². The van der Waals surface area contributed by atoms with E-state index >= 15 is 0 Å². The maximum absolute atomic E-state index is 11.4. The number of carbonyl (C=O) groups is 1. The quantitative estimate of drug-likeness (QED) is 0.694. The highest BCUT2D eigenvalue weighted by molar-refractivity contribution is 5.77. The van der Waals surface area contributed by atoms with Crippen molar-refractivity contribution >= 4 is 5.91 Å². The molecular formula is C10H19NO2. The smallest absolute Gasteiger partial charge is 0.223 e. The van der Waals surface area contributed by atoms with Gasteiger partial charge >= 0.3 is 0 Å². The van der Waals surface area contributed by atoms with Gasteiger partial charge in [-0.3, -0.25) is 4.79 Å². The molecule has 76 valence electrons. The molecule has 0 spiro atoms. The molecular weight excluding hydrogens is 166 g/mol. The molecule has 3 heteroatoms. The van der Waals surface area contributed by atoms with Crippen molar-refractivity contribution in [2.45, 2.75) is 57.6 Å². The predicted molar refractivity (Wildman–Crippen MR) is 51.3 cm³/mol. The van der Waals surface area contributed by atoms with E-state index < -0.39 is 5.60 Å². The van der Waals surface area contributed by atoms with E-state index in [9.17, 15) is 9.90 Å². The maximum atomic E-state index is 11.4. The van der Waals surface area contributed by atoms with E-state index in [1.807, 2.05) is 0 Å². The molecule has 0 unspecified atom stereocenters. The minimum Gasteiger partial charge on any atom is -0.390 e. The van der Waals surface area contributed by atoms with E-state index in [1.54, 1.807) is 13.8 Å². The van der Waals surface area contributed by atoms with E-state index in [0.29, 0.717) is 0 Å². The van der Waals surface area contributed by atoms with Gasteiger partial charge in [-0.2, -0.15) is 0 Å². The zero-order chi connectivity index (χ0) is 10.1. The number of amides is 1. The third kappa shape index (κ3) is 3.35. The zero-order valence-electron chi connectivity index (χ0n) is 8.68. The Morgan fingerprint density at radius 1 is 1.54 bits per heavy atom. The SMILES string of the molecule is CC(C)(O)CC(=O)NC1(C)CCC1. The highest BCUT2D eigenvalue weighted by Gasteiger charge is 2.33. The van der Waals surface area contributed by atoms with Crippen LogP contribution in [0, 0.1) is 0 Å². The molecule has 1 aliphatic rings. The molecule has 1 amide bonds. The lowest BCUT2D eigenvalue weighted by Gasteiger charge is -2.39. The number of hydrogen-bond donors (Lipinski definition) is 2. The van der Waals surface area contributed by atoms with Crippen LogP contribution in [0.1, 0.15) is 46.5 Å². The molecule has 0 atom stereocenters. The van der Waals surface area contributed by atoms with Crippen molar-refractivity contribution in [1.82, 2.24) is 5.32 Å². The molecule has 1 aliphatic carbocycles. The topological polar surface area (TPSA) is 49.3 Å². The van der Waals surface area contributed by atoms with Crippen molar-refractivity contribution in [2.24, 2.45) is 0 Å². The van der Waals surface area contributed by atoms with E-state index in [1.165, 1.54) is 6.42 Å². The minimum atomic E-state index is -0.899. The van der Waals surface area contributed by atoms with Crippen LogP contribution >= 0.6 is 0 Å². The van der Waals surface area contributed by atoms with Crippen molar-refractivity contribution in [3.05, 3.63) is 0 Å². The van der Waals surface area contributed by atoms with E-state index in [2.05, 4.69) is 12.2 Å². The average molecular weight is 185 g/mol. The second-order valence-electron chi connectivity index (χ2n) is 4.95. The van der Waals surface area contributed by atoms with Gasteiger partial charge in [0, 0.05) is 5.54 Å². The standard InChI is InChI=1S/C10H19NO2/c1-9(2,13)7-8(12)11-10(3)5-4-6-10/h13H,4-7H2,1-3H3,(H,11,12). The van der Waals surface area contributed by atoms with E-state index in [4.69, 9.17) is 0 Å². The number of hydrogen-bond acceptors (Lipinski definition) is 2. The second kappa shape index (κ2) is 3.29. The van der Waals surface area contributed by atoms with E-state index in [-0.39, 0.29) is 17.9 Å². The number of carbonyl (C=O) groups excluding carboxylic acids is 1. The molecule has 2 N–H and O–H groups in total. The number of rotatable bonds is 3. The molecule has 0 aromatic carbocycles. The molecule has 0 aliphatic heterocycles. The summed E-state index contributed by atoms with van der Waals surface area (Å²) < 4.78 is 0. The Hall–Kier alpha value is -0.570. The van der Waals surface area contributed by atoms with Crippen molar-refractivity contribution in [1.29, 1.82) is 0 Å². The van der Waals surface area contributed by atoms with Crippen molar-refractivity contribution < 1.29 is 9.90 Å². The van der Waals surface area contributed by atoms with Crippen LogP contribution in [-0.2, 0) is 4.79 Å². The van der Waals surface area contributed by atoms with Crippen LogP contribution in [0.2, 0.25) is 0 Å². The molecule has 0 bridgehead atoms. The largest absolute Gasteiger partial charge is 0.390 e. The Kier molecular flexibility index (Phi) is 2.66. The molecule has 0 aromatic rings. The van der Waals surface area contributed by atoms with Crippen LogP contribution in [0.5, 0.6) is 0 Å². The van der Waals surface area contributed by atoms with Gasteiger partial charge in [-0.05, 0) is 40.0 Å². The summed E-state index contributed by atoms with van der Waals surface area (Å²) in [5, 5.41) is 12.4. The van der Waals surface area contributed by atoms with Crippen molar-refractivity contribution in [3.63, 3.8) is 0 Å². The van der Waals surface area contributed by atoms with Crippen LogP contribution in [0.3, 0.4) is 0 Å². The first kappa shape index (κ1) is 10.5. The van der Waals surface area contributed by atoms with Crippen LogP contribution in [0.4, 0.5) is 0 Å². The van der Waals surface area contributed by atoms with E-state index in [0.717, 1.165) is 12.8 Å². The molecule has 0 aromatic heterocycles. The molecule has 0 heterocycles. The average Bonchev–Trinajstić information content (AvgIpc) is 1.79. The van der Waals surface area contributed by atoms with Crippen molar-refractivity contribution in [3.8, 4) is 0 Å². The first-order valence-electron chi connectivity index (χ1n) is 4.84. The summed E-state index contributed by atoms with van der Waals surface area (Å²) in [7, 11) is 0. The fourth-order valence-electron chi connectivity index (χ4n) is 1.61. The predicted octanol–water partition coefficient (Wildman–Crippen LogP) is 1.21. The molecule has 1 saturated carbocycles. The Morgan fingerprint density at radius 3 is 2.38 bits per heavy atom. The Morgan fingerprint density at radius 2 is 2.08 bits per heavy atom. The highest BCUT2D eigenvalue weighted by atomic mass is 16.3. The summed E-state index contributed by atoms with van der Waals surface area (Å²) >= 11 is 0. The maximum Gasteiger partial charge on any atom is 0.223 e. The molecule has 3 nitrogen and oxygen atoms in total. The Bertz CT molecular complexity index is 201. The minimum absolute atomic E-state index is 0.00231. The third-order valence-electron chi connectivity index (χ3n) is 2.49. The second-order valence-corrected chi connectivity index (χ2v) is 4.95. The summed E-state index contributed by atoms with van der Waals surface area (Å²) in [4.78, 5) is 11.4. The first-order chi connectivity index (χ1) is 5.81. The van der Waals surface area contributed by atoms with Gasteiger partial charge < -0.3 is 10.4 Å². The molecule has 1 fully saturated rings. The molecule has 0 saturated heterocycles. The van der Waals surface area contributed by atoms with Gasteiger partial charge in [-0.25, -0.2) is 0 Å². The van der Waals surface area contributed by atoms with Crippen LogP contribution in [0.15, 0.2) is 0 Å². The summed E-state index contributed by atoms with van der Waals surface area (Å²) in [5.41, 5.74) is -0.896. The van der Waals surface area contributed by atoms with Gasteiger partial charge in [0.1, 0.15) is 0 Å². The molecule has 13 heavy (non-hydrogen) atoms. The fourth-order valence-corrected chi connectivity index (χ4v) is 1.61.